The number of rotatable bonds is 3. The van der Waals surface area contributed by atoms with Crippen molar-refractivity contribution in [1.29, 1.82) is 0 Å². The fourth-order valence-corrected chi connectivity index (χ4v) is 2.25. The standard InChI is InChI=1S/C10H14F4O2/c11-9(10(12,13)14)6-2-1-3-7(9)4-5-8(15)16/h7H,1-6H2,(H,15,16). The highest BCUT2D eigenvalue weighted by atomic mass is 19.4. The van der Waals surface area contributed by atoms with Crippen molar-refractivity contribution in [2.45, 2.75) is 50.4 Å². The Morgan fingerprint density at radius 2 is 2.00 bits per heavy atom. The third-order valence-corrected chi connectivity index (χ3v) is 3.17. The minimum Gasteiger partial charge on any atom is -0.481 e. The molecule has 0 aromatic heterocycles. The van der Waals surface area contributed by atoms with Crippen LogP contribution >= 0.6 is 0 Å². The summed E-state index contributed by atoms with van der Waals surface area (Å²) in [4.78, 5) is 10.3. The van der Waals surface area contributed by atoms with Crippen LogP contribution in [0.15, 0.2) is 0 Å². The molecule has 0 saturated heterocycles. The van der Waals surface area contributed by atoms with E-state index >= 15 is 0 Å². The van der Waals surface area contributed by atoms with Gasteiger partial charge < -0.3 is 5.11 Å². The Hall–Kier alpha value is -0.810. The Bertz CT molecular complexity index is 264. The van der Waals surface area contributed by atoms with Crippen LogP contribution in [0.4, 0.5) is 17.6 Å². The first-order valence-electron chi connectivity index (χ1n) is 5.25. The predicted octanol–water partition coefficient (Wildman–Crippen LogP) is 3.31. The van der Waals surface area contributed by atoms with Crippen LogP contribution in [-0.2, 0) is 4.79 Å². The van der Waals surface area contributed by atoms with Gasteiger partial charge in [0, 0.05) is 12.3 Å². The molecule has 0 amide bonds. The summed E-state index contributed by atoms with van der Waals surface area (Å²) in [6.45, 7) is 0. The van der Waals surface area contributed by atoms with Crippen LogP contribution in [0, 0.1) is 5.92 Å². The minimum atomic E-state index is -4.89. The predicted molar refractivity (Wildman–Crippen MR) is 48.7 cm³/mol. The molecule has 16 heavy (non-hydrogen) atoms. The molecule has 2 nitrogen and oxygen atoms in total. The summed E-state index contributed by atoms with van der Waals surface area (Å²) in [6.07, 6.45) is -5.23. The van der Waals surface area contributed by atoms with Crippen molar-refractivity contribution < 1.29 is 27.5 Å². The molecule has 0 aromatic rings. The van der Waals surface area contributed by atoms with Crippen LogP contribution in [0.2, 0.25) is 0 Å². The van der Waals surface area contributed by atoms with E-state index in [4.69, 9.17) is 5.11 Å². The highest BCUT2D eigenvalue weighted by Gasteiger charge is 2.60. The van der Waals surface area contributed by atoms with E-state index in [1.54, 1.807) is 0 Å². The van der Waals surface area contributed by atoms with Crippen LogP contribution in [0.25, 0.3) is 0 Å². The fraction of sp³-hybridized carbons (Fsp3) is 0.900. The first-order valence-corrected chi connectivity index (χ1v) is 5.25. The molecule has 0 heterocycles. The van der Waals surface area contributed by atoms with Gasteiger partial charge in [-0.1, -0.05) is 6.42 Å². The number of hydrogen-bond donors (Lipinski definition) is 1. The zero-order chi connectivity index (χ0) is 12.4. The molecule has 1 aliphatic rings. The smallest absolute Gasteiger partial charge is 0.422 e. The second kappa shape index (κ2) is 4.59. The Morgan fingerprint density at radius 1 is 1.38 bits per heavy atom. The fourth-order valence-electron chi connectivity index (χ4n) is 2.25. The number of halogens is 4. The van der Waals surface area contributed by atoms with Gasteiger partial charge in [0.05, 0.1) is 0 Å². The van der Waals surface area contributed by atoms with E-state index in [-0.39, 0.29) is 19.3 Å². The quantitative estimate of drug-likeness (QED) is 0.771. The molecule has 2 atom stereocenters. The summed E-state index contributed by atoms with van der Waals surface area (Å²) in [5.74, 6) is -2.40. The van der Waals surface area contributed by atoms with E-state index in [2.05, 4.69) is 0 Å². The SMILES string of the molecule is O=C(O)CCC1CCCCC1(F)C(F)(F)F. The first kappa shape index (κ1) is 13.3. The molecule has 0 bridgehead atoms. The maximum Gasteiger partial charge on any atom is 0.422 e. The number of alkyl halides is 4. The molecule has 1 aliphatic carbocycles. The largest absolute Gasteiger partial charge is 0.481 e. The third kappa shape index (κ3) is 2.65. The summed E-state index contributed by atoms with van der Waals surface area (Å²) in [5.41, 5.74) is -3.19. The van der Waals surface area contributed by atoms with E-state index < -0.39 is 36.6 Å². The molecule has 94 valence electrons. The molecule has 1 N–H and O–H groups in total. The van der Waals surface area contributed by atoms with E-state index in [9.17, 15) is 22.4 Å². The maximum absolute atomic E-state index is 13.9. The summed E-state index contributed by atoms with van der Waals surface area (Å²) < 4.78 is 51.6. The van der Waals surface area contributed by atoms with Crippen LogP contribution in [-0.4, -0.2) is 22.9 Å². The second-order valence-corrected chi connectivity index (χ2v) is 4.24. The third-order valence-electron chi connectivity index (χ3n) is 3.17. The van der Waals surface area contributed by atoms with Crippen LogP contribution in [0.1, 0.15) is 38.5 Å². The highest BCUT2D eigenvalue weighted by Crippen LogP contribution is 2.49. The zero-order valence-corrected chi connectivity index (χ0v) is 8.69. The van der Waals surface area contributed by atoms with Gasteiger partial charge in [0.25, 0.3) is 0 Å². The van der Waals surface area contributed by atoms with Crippen molar-refractivity contribution in [3.05, 3.63) is 0 Å². The van der Waals surface area contributed by atoms with Gasteiger partial charge in [0.1, 0.15) is 0 Å². The van der Waals surface area contributed by atoms with Gasteiger partial charge in [-0.05, 0) is 25.7 Å². The lowest BCUT2D eigenvalue weighted by molar-refractivity contribution is -0.258. The van der Waals surface area contributed by atoms with E-state index in [0.717, 1.165) is 0 Å². The molecule has 0 aromatic carbocycles. The normalized spacial score (nSPS) is 31.4. The lowest BCUT2D eigenvalue weighted by Gasteiger charge is -2.38. The number of aliphatic carboxylic acids is 1. The van der Waals surface area contributed by atoms with Crippen molar-refractivity contribution in [2.24, 2.45) is 5.92 Å². The molecular weight excluding hydrogens is 228 g/mol. The van der Waals surface area contributed by atoms with Gasteiger partial charge in [0.2, 0.25) is 5.67 Å². The van der Waals surface area contributed by atoms with Gasteiger partial charge in [-0.3, -0.25) is 4.79 Å². The topological polar surface area (TPSA) is 37.3 Å². The summed E-state index contributed by atoms with van der Waals surface area (Å²) in [7, 11) is 0. The number of carboxylic acids is 1. The molecule has 1 fully saturated rings. The Kier molecular flexibility index (Phi) is 3.80. The van der Waals surface area contributed by atoms with Crippen molar-refractivity contribution >= 4 is 5.97 Å². The average molecular weight is 242 g/mol. The molecular formula is C10H14F4O2. The molecule has 6 heteroatoms. The van der Waals surface area contributed by atoms with Gasteiger partial charge in [-0.15, -0.1) is 0 Å². The maximum atomic E-state index is 13.9. The average Bonchev–Trinajstić information content (AvgIpc) is 2.14. The summed E-state index contributed by atoms with van der Waals surface area (Å²) in [6, 6.07) is 0. The van der Waals surface area contributed by atoms with E-state index in [1.165, 1.54) is 0 Å². The molecule has 0 aliphatic heterocycles. The molecule has 1 saturated carbocycles. The first-order chi connectivity index (χ1) is 7.27. The monoisotopic (exact) mass is 242 g/mol. The molecule has 2 unspecified atom stereocenters. The number of carbonyl (C=O) groups is 1. The Labute approximate surface area is 90.6 Å². The Balaban J connectivity index is 2.74. The molecule has 1 rings (SSSR count). The van der Waals surface area contributed by atoms with Gasteiger partial charge in [-0.2, -0.15) is 13.2 Å². The van der Waals surface area contributed by atoms with Crippen molar-refractivity contribution in [3.8, 4) is 0 Å². The summed E-state index contributed by atoms with van der Waals surface area (Å²) in [5, 5.41) is 8.41. The van der Waals surface area contributed by atoms with Crippen molar-refractivity contribution in [1.82, 2.24) is 0 Å². The lowest BCUT2D eigenvalue weighted by atomic mass is 9.74. The minimum absolute atomic E-state index is 0.114. The second-order valence-electron chi connectivity index (χ2n) is 4.24. The van der Waals surface area contributed by atoms with E-state index in [1.807, 2.05) is 0 Å². The van der Waals surface area contributed by atoms with Gasteiger partial charge >= 0.3 is 12.1 Å². The van der Waals surface area contributed by atoms with Crippen molar-refractivity contribution in [2.75, 3.05) is 0 Å². The summed E-state index contributed by atoms with van der Waals surface area (Å²) >= 11 is 0. The Morgan fingerprint density at radius 3 is 2.50 bits per heavy atom. The van der Waals surface area contributed by atoms with Crippen LogP contribution < -0.4 is 0 Å². The molecule has 0 radical (unpaired) electrons. The van der Waals surface area contributed by atoms with Crippen LogP contribution in [0.5, 0.6) is 0 Å². The lowest BCUT2D eigenvalue weighted by Crippen LogP contribution is -2.49. The number of hydrogen-bond acceptors (Lipinski definition) is 1. The van der Waals surface area contributed by atoms with E-state index in [0.29, 0.717) is 6.42 Å². The van der Waals surface area contributed by atoms with Gasteiger partial charge in [0.15, 0.2) is 0 Å². The highest BCUT2D eigenvalue weighted by molar-refractivity contribution is 5.66. The van der Waals surface area contributed by atoms with Gasteiger partial charge in [-0.25, -0.2) is 4.39 Å². The number of carboxylic acid groups (broad SMARTS) is 1. The van der Waals surface area contributed by atoms with Crippen molar-refractivity contribution in [3.63, 3.8) is 0 Å². The van der Waals surface area contributed by atoms with Crippen LogP contribution in [0.3, 0.4) is 0 Å². The molecule has 0 spiro atoms. The zero-order valence-electron chi connectivity index (χ0n) is 8.69.